The Morgan fingerprint density at radius 1 is 1.03 bits per heavy atom. The second-order valence-electron chi connectivity index (χ2n) is 10.0. The maximum Gasteiger partial charge on any atom is 0.338 e. The number of aromatic hydroxyl groups is 3. The molecule has 1 aromatic rings. The number of ketones is 1. The summed E-state index contributed by atoms with van der Waals surface area (Å²) >= 11 is 0. The van der Waals surface area contributed by atoms with Gasteiger partial charge in [0.05, 0.1) is 11.7 Å². The first kappa shape index (κ1) is 26.0. The predicted molar refractivity (Wildman–Crippen MR) is 118 cm³/mol. The lowest BCUT2D eigenvalue weighted by atomic mass is 9.55. The van der Waals surface area contributed by atoms with Gasteiger partial charge in [-0.05, 0) is 42.4 Å². The van der Waals surface area contributed by atoms with E-state index in [-0.39, 0.29) is 17.8 Å². The molecule has 0 aromatic heterocycles. The van der Waals surface area contributed by atoms with Gasteiger partial charge in [-0.1, -0.05) is 26.3 Å². The summed E-state index contributed by atoms with van der Waals surface area (Å²) in [4.78, 5) is 24.4. The molecule has 0 unspecified atom stereocenters. The number of hydrogen-bond donors (Lipinski definition) is 6. The summed E-state index contributed by atoms with van der Waals surface area (Å²) in [5.74, 6) is -3.19. The van der Waals surface area contributed by atoms with Crippen LogP contribution in [-0.4, -0.2) is 79.5 Å². The maximum absolute atomic E-state index is 12.3. The van der Waals surface area contributed by atoms with Crippen LogP contribution in [0, 0.1) is 10.8 Å². The average molecular weight is 481 g/mol. The van der Waals surface area contributed by atoms with Crippen LogP contribution in [0.3, 0.4) is 0 Å². The Balaban J connectivity index is 1.76. The zero-order valence-corrected chi connectivity index (χ0v) is 19.6. The topological polar surface area (TPSA) is 174 Å². The van der Waals surface area contributed by atoms with E-state index >= 15 is 0 Å². The van der Waals surface area contributed by atoms with Gasteiger partial charge < -0.3 is 40.1 Å². The lowest BCUT2D eigenvalue weighted by Crippen LogP contribution is -2.60. The minimum absolute atomic E-state index is 0.0108. The van der Waals surface area contributed by atoms with E-state index in [9.17, 15) is 40.2 Å². The Labute approximate surface area is 197 Å². The number of benzene rings is 1. The monoisotopic (exact) mass is 480 g/mol. The van der Waals surface area contributed by atoms with Crippen LogP contribution in [0.5, 0.6) is 17.2 Å². The Hall–Kier alpha value is -2.66. The van der Waals surface area contributed by atoms with Gasteiger partial charge >= 0.3 is 5.97 Å². The van der Waals surface area contributed by atoms with E-state index in [1.54, 1.807) is 6.08 Å². The van der Waals surface area contributed by atoms with E-state index in [1.165, 1.54) is 0 Å². The van der Waals surface area contributed by atoms with Gasteiger partial charge in [-0.25, -0.2) is 4.79 Å². The molecule has 34 heavy (non-hydrogen) atoms. The van der Waals surface area contributed by atoms with Crippen molar-refractivity contribution in [1.29, 1.82) is 0 Å². The summed E-state index contributed by atoms with van der Waals surface area (Å²) in [6, 6.07) is 1.80. The fourth-order valence-corrected chi connectivity index (χ4v) is 4.75. The number of esters is 1. The van der Waals surface area contributed by atoms with Gasteiger partial charge in [0.15, 0.2) is 23.0 Å². The summed E-state index contributed by atoms with van der Waals surface area (Å²) in [6.45, 7) is 7.20. The molecule has 0 saturated carbocycles. The summed E-state index contributed by atoms with van der Waals surface area (Å²) in [7, 11) is 0. The second kappa shape index (κ2) is 9.18. The van der Waals surface area contributed by atoms with Crippen LogP contribution in [0.2, 0.25) is 0 Å². The second-order valence-corrected chi connectivity index (χ2v) is 10.0. The van der Waals surface area contributed by atoms with Crippen molar-refractivity contribution < 1.29 is 49.7 Å². The molecule has 0 amide bonds. The van der Waals surface area contributed by atoms with E-state index in [0.29, 0.717) is 6.42 Å². The molecule has 10 heteroatoms. The van der Waals surface area contributed by atoms with Gasteiger partial charge in [0, 0.05) is 6.42 Å². The molecule has 10 nitrogen and oxygen atoms in total. The number of aliphatic hydroxyl groups is 3. The van der Waals surface area contributed by atoms with Crippen molar-refractivity contribution in [3.05, 3.63) is 29.3 Å². The van der Waals surface area contributed by atoms with E-state index in [2.05, 4.69) is 0 Å². The largest absolute Gasteiger partial charge is 0.504 e. The highest BCUT2D eigenvalue weighted by Crippen LogP contribution is 2.53. The molecular weight excluding hydrogens is 448 g/mol. The minimum Gasteiger partial charge on any atom is -0.504 e. The van der Waals surface area contributed by atoms with Crippen LogP contribution >= 0.6 is 0 Å². The fourth-order valence-electron chi connectivity index (χ4n) is 4.75. The van der Waals surface area contributed by atoms with Crippen molar-refractivity contribution >= 4 is 11.8 Å². The molecular formula is C24H32O10. The number of aliphatic hydroxyl groups excluding tert-OH is 3. The molecule has 0 radical (unpaired) electrons. The highest BCUT2D eigenvalue weighted by molar-refractivity contribution is 5.92. The lowest BCUT2D eigenvalue weighted by molar-refractivity contribution is -0.237. The van der Waals surface area contributed by atoms with Gasteiger partial charge in [0.1, 0.15) is 31.0 Å². The third-order valence-corrected chi connectivity index (χ3v) is 7.46. The van der Waals surface area contributed by atoms with Crippen LogP contribution in [0.15, 0.2) is 23.8 Å². The van der Waals surface area contributed by atoms with Crippen LogP contribution in [0.4, 0.5) is 0 Å². The minimum atomic E-state index is -1.56. The van der Waals surface area contributed by atoms with Gasteiger partial charge in [0.25, 0.3) is 0 Å². The number of carbonyl (C=O) groups excluding carboxylic acids is 2. The Bertz CT molecular complexity index is 976. The van der Waals surface area contributed by atoms with Gasteiger partial charge in [-0.3, -0.25) is 4.79 Å². The molecule has 1 fully saturated rings. The van der Waals surface area contributed by atoms with Crippen molar-refractivity contribution in [2.45, 2.75) is 71.1 Å². The summed E-state index contributed by atoms with van der Waals surface area (Å²) in [5.41, 5.74) is -0.452. The molecule has 0 spiro atoms. The number of carbonyl (C=O) groups is 2. The highest BCUT2D eigenvalue weighted by atomic mass is 16.6. The first-order valence-corrected chi connectivity index (χ1v) is 11.0. The molecule has 1 aromatic carbocycles. The van der Waals surface area contributed by atoms with Crippen molar-refractivity contribution in [3.8, 4) is 17.2 Å². The van der Waals surface area contributed by atoms with Crippen molar-refractivity contribution in [3.63, 3.8) is 0 Å². The van der Waals surface area contributed by atoms with Crippen LogP contribution in [0.25, 0.3) is 0 Å². The maximum atomic E-state index is 12.3. The SMILES string of the molecule is CC1=CC(=O)CC(C)(C)[C@@]1(C)C[C@@H]1O[C@H](COC(=O)c2cc(O)c(O)c(O)c2)[C@@H](O)[C@H](O)[C@H]1O. The zero-order valence-electron chi connectivity index (χ0n) is 19.6. The average Bonchev–Trinajstić information content (AvgIpc) is 2.74. The molecule has 1 aliphatic carbocycles. The molecule has 6 atom stereocenters. The third kappa shape index (κ3) is 4.63. The summed E-state index contributed by atoms with van der Waals surface area (Å²) in [5, 5.41) is 60.0. The van der Waals surface area contributed by atoms with E-state index < -0.39 is 71.2 Å². The molecule has 6 N–H and O–H groups in total. The normalized spacial score (nSPS) is 33.3. The van der Waals surface area contributed by atoms with Gasteiger partial charge in [-0.2, -0.15) is 0 Å². The number of hydrogen-bond acceptors (Lipinski definition) is 10. The van der Waals surface area contributed by atoms with Crippen LogP contribution < -0.4 is 0 Å². The number of phenols is 3. The molecule has 1 saturated heterocycles. The Morgan fingerprint density at radius 2 is 1.59 bits per heavy atom. The third-order valence-electron chi connectivity index (χ3n) is 7.46. The van der Waals surface area contributed by atoms with Gasteiger partial charge in [0.2, 0.25) is 0 Å². The predicted octanol–water partition coefficient (Wildman–Crippen LogP) is 1.15. The standard InChI is InChI=1S/C24H32O10/c1-11-5-13(25)8-23(2,3)24(11,4)9-16-19(29)21(31)20(30)17(34-16)10-33-22(32)12-6-14(26)18(28)15(27)7-12/h5-7,16-17,19-21,26-31H,8-10H2,1-4H3/t16-,17+,19-,20+,21+,24-/m0/s1. The van der Waals surface area contributed by atoms with Crippen molar-refractivity contribution in [2.75, 3.05) is 6.61 Å². The first-order chi connectivity index (χ1) is 15.7. The lowest BCUT2D eigenvalue weighted by Gasteiger charge is -2.51. The smallest absolute Gasteiger partial charge is 0.338 e. The zero-order chi connectivity index (χ0) is 25.6. The molecule has 1 heterocycles. The quantitative estimate of drug-likeness (QED) is 0.265. The Morgan fingerprint density at radius 3 is 2.15 bits per heavy atom. The van der Waals surface area contributed by atoms with Gasteiger partial charge in [-0.15, -0.1) is 0 Å². The van der Waals surface area contributed by atoms with E-state index in [0.717, 1.165) is 17.7 Å². The fraction of sp³-hybridized carbons (Fsp3) is 0.583. The number of rotatable bonds is 5. The molecule has 188 valence electrons. The number of ether oxygens (including phenoxy) is 2. The Kier molecular flexibility index (Phi) is 7.01. The van der Waals surface area contributed by atoms with Crippen molar-refractivity contribution in [1.82, 2.24) is 0 Å². The first-order valence-electron chi connectivity index (χ1n) is 11.0. The van der Waals surface area contributed by atoms with E-state index in [4.69, 9.17) is 9.47 Å². The van der Waals surface area contributed by atoms with Crippen LogP contribution in [0.1, 0.15) is 50.9 Å². The summed E-state index contributed by atoms with van der Waals surface area (Å²) < 4.78 is 11.0. The van der Waals surface area contributed by atoms with E-state index in [1.807, 2.05) is 27.7 Å². The highest BCUT2D eigenvalue weighted by Gasteiger charge is 2.52. The number of allylic oxidation sites excluding steroid dienone is 2. The molecule has 3 rings (SSSR count). The van der Waals surface area contributed by atoms with Crippen molar-refractivity contribution in [2.24, 2.45) is 10.8 Å². The molecule has 1 aliphatic heterocycles. The molecule has 0 bridgehead atoms. The van der Waals surface area contributed by atoms with Crippen LogP contribution in [-0.2, 0) is 14.3 Å². The molecule has 2 aliphatic rings. The number of phenolic OH excluding ortho intramolecular Hbond substituents is 3. The summed E-state index contributed by atoms with van der Waals surface area (Å²) in [6.07, 6.45) is -4.50.